The molecule has 3 aromatic carbocycles. The minimum Gasteiger partial charge on any atom is -0.487 e. The first-order valence-corrected chi connectivity index (χ1v) is 10.2. The van der Waals surface area contributed by atoms with E-state index in [9.17, 15) is 9.59 Å². The molecule has 0 spiro atoms. The van der Waals surface area contributed by atoms with Crippen LogP contribution in [0.4, 0.5) is 5.69 Å². The number of aryl methyl sites for hydroxylation is 1. The van der Waals surface area contributed by atoms with Crippen LogP contribution in [-0.4, -0.2) is 24.0 Å². The zero-order chi connectivity index (χ0) is 21.0. The Kier molecular flexibility index (Phi) is 4.10. The molecule has 2 amide bonds. The predicted octanol–water partition coefficient (Wildman–Crippen LogP) is 4.53. The Balaban J connectivity index is 1.40. The summed E-state index contributed by atoms with van der Waals surface area (Å²) in [7, 11) is 0. The Morgan fingerprint density at radius 3 is 2.73 bits per heavy atom. The Labute approximate surface area is 175 Å². The number of anilines is 1. The van der Waals surface area contributed by atoms with Crippen molar-refractivity contribution in [2.24, 2.45) is 0 Å². The van der Waals surface area contributed by atoms with Crippen molar-refractivity contribution in [2.75, 3.05) is 11.4 Å². The first-order valence-electron chi connectivity index (χ1n) is 10.2. The van der Waals surface area contributed by atoms with Gasteiger partial charge in [-0.25, -0.2) is 0 Å². The van der Waals surface area contributed by atoms with Gasteiger partial charge in [0.25, 0.3) is 5.91 Å². The molecule has 30 heavy (non-hydrogen) atoms. The van der Waals surface area contributed by atoms with E-state index in [4.69, 9.17) is 4.74 Å². The zero-order valence-corrected chi connectivity index (χ0v) is 17.4. The zero-order valence-electron chi connectivity index (χ0n) is 17.4. The van der Waals surface area contributed by atoms with Gasteiger partial charge in [-0.05, 0) is 49.9 Å². The number of carbonyl (C=O) groups excluding carboxylic acids is 2. The number of ether oxygens (including phenoxy) is 1. The summed E-state index contributed by atoms with van der Waals surface area (Å²) >= 11 is 0. The van der Waals surface area contributed by atoms with E-state index in [0.29, 0.717) is 12.0 Å². The van der Waals surface area contributed by atoms with Gasteiger partial charge in [0.2, 0.25) is 5.91 Å². The van der Waals surface area contributed by atoms with Crippen LogP contribution in [0.5, 0.6) is 5.75 Å². The average molecular weight is 400 g/mol. The van der Waals surface area contributed by atoms with Crippen molar-refractivity contribution < 1.29 is 14.3 Å². The molecule has 1 N–H and O–H groups in total. The minimum atomic E-state index is -0.385. The minimum absolute atomic E-state index is 0.00833. The van der Waals surface area contributed by atoms with Crippen molar-refractivity contribution in [3.05, 3.63) is 71.3 Å². The van der Waals surface area contributed by atoms with Crippen molar-refractivity contribution in [3.63, 3.8) is 0 Å². The van der Waals surface area contributed by atoms with Gasteiger partial charge in [-0.2, -0.15) is 0 Å². The number of amides is 2. The van der Waals surface area contributed by atoms with Crippen molar-refractivity contribution >= 4 is 28.3 Å². The van der Waals surface area contributed by atoms with Gasteiger partial charge < -0.3 is 10.1 Å². The van der Waals surface area contributed by atoms with E-state index in [1.165, 1.54) is 0 Å². The average Bonchev–Trinajstić information content (AvgIpc) is 2.95. The number of benzene rings is 3. The van der Waals surface area contributed by atoms with Crippen LogP contribution in [0.3, 0.4) is 0 Å². The van der Waals surface area contributed by atoms with Crippen LogP contribution >= 0.6 is 0 Å². The highest BCUT2D eigenvalue weighted by Gasteiger charge is 2.36. The van der Waals surface area contributed by atoms with Gasteiger partial charge in [-0.3, -0.25) is 14.5 Å². The van der Waals surface area contributed by atoms with Gasteiger partial charge in [0.1, 0.15) is 17.9 Å². The highest BCUT2D eigenvalue weighted by Crippen LogP contribution is 2.40. The molecule has 3 aromatic rings. The van der Waals surface area contributed by atoms with E-state index in [1.54, 1.807) is 4.90 Å². The van der Waals surface area contributed by atoms with E-state index in [0.717, 1.165) is 33.3 Å². The Morgan fingerprint density at radius 1 is 1.17 bits per heavy atom. The second-order valence-corrected chi connectivity index (χ2v) is 8.80. The highest BCUT2D eigenvalue weighted by atomic mass is 16.5. The molecule has 2 heterocycles. The summed E-state index contributed by atoms with van der Waals surface area (Å²) in [6.45, 7) is 6.07. The second kappa shape index (κ2) is 6.59. The normalized spacial score (nSPS) is 18.8. The molecule has 0 unspecified atom stereocenters. The molecule has 0 aliphatic carbocycles. The number of hydrogen-bond acceptors (Lipinski definition) is 3. The van der Waals surface area contributed by atoms with Gasteiger partial charge in [0.05, 0.1) is 11.7 Å². The molecule has 2 aliphatic heterocycles. The quantitative estimate of drug-likeness (QED) is 0.703. The van der Waals surface area contributed by atoms with Gasteiger partial charge >= 0.3 is 0 Å². The van der Waals surface area contributed by atoms with E-state index in [1.807, 2.05) is 75.4 Å². The maximum Gasteiger partial charge on any atom is 0.259 e. The van der Waals surface area contributed by atoms with Gasteiger partial charge in [-0.15, -0.1) is 0 Å². The molecular weight excluding hydrogens is 376 g/mol. The van der Waals surface area contributed by atoms with E-state index < -0.39 is 0 Å². The van der Waals surface area contributed by atoms with Crippen molar-refractivity contribution in [2.45, 2.75) is 38.8 Å². The standard InChI is InChI=1S/C25H24N2O3/c1-15-10-11-17-19(13-25(2,3)30-21(17)12-15)26-22(28)14-27-20-9-5-7-16-6-4-8-18(23(16)20)24(27)29/h4-12,19H,13-14H2,1-3H3,(H,26,28)/t19-/m1/s1. The third-order valence-electron chi connectivity index (χ3n) is 5.91. The predicted molar refractivity (Wildman–Crippen MR) is 117 cm³/mol. The van der Waals surface area contributed by atoms with Crippen LogP contribution < -0.4 is 15.0 Å². The summed E-state index contributed by atoms with van der Waals surface area (Å²) in [6.07, 6.45) is 0.665. The molecule has 0 saturated heterocycles. The summed E-state index contributed by atoms with van der Waals surface area (Å²) < 4.78 is 6.13. The molecule has 0 radical (unpaired) electrons. The lowest BCUT2D eigenvalue weighted by molar-refractivity contribution is -0.121. The van der Waals surface area contributed by atoms with Crippen LogP contribution in [0, 0.1) is 6.92 Å². The number of nitrogens with one attached hydrogen (secondary N) is 1. The van der Waals surface area contributed by atoms with E-state index >= 15 is 0 Å². The third-order valence-corrected chi connectivity index (χ3v) is 5.91. The SMILES string of the molecule is Cc1ccc2c(c1)OC(C)(C)C[C@H]2NC(=O)CN1C(=O)c2cccc3cccc1c23. The maximum atomic E-state index is 13.0. The van der Waals surface area contributed by atoms with Gasteiger partial charge in [-0.1, -0.05) is 36.4 Å². The summed E-state index contributed by atoms with van der Waals surface area (Å²) in [5.41, 5.74) is 3.16. The molecular formula is C25H24N2O3. The fourth-order valence-electron chi connectivity index (χ4n) is 4.61. The Bertz CT molecular complexity index is 1190. The molecule has 5 rings (SSSR count). The summed E-state index contributed by atoms with van der Waals surface area (Å²) in [5, 5.41) is 5.08. The molecule has 5 nitrogen and oxygen atoms in total. The molecule has 2 aliphatic rings. The van der Waals surface area contributed by atoms with Crippen LogP contribution in [0.25, 0.3) is 10.8 Å². The van der Waals surface area contributed by atoms with Crippen LogP contribution in [0.15, 0.2) is 54.6 Å². The topological polar surface area (TPSA) is 58.6 Å². The monoisotopic (exact) mass is 400 g/mol. The Morgan fingerprint density at radius 2 is 1.93 bits per heavy atom. The molecule has 0 bridgehead atoms. The third kappa shape index (κ3) is 3.02. The van der Waals surface area contributed by atoms with E-state index in [-0.39, 0.29) is 30.0 Å². The smallest absolute Gasteiger partial charge is 0.259 e. The number of nitrogens with zero attached hydrogens (tertiary/aromatic N) is 1. The van der Waals surface area contributed by atoms with Crippen molar-refractivity contribution in [1.82, 2.24) is 5.32 Å². The van der Waals surface area contributed by atoms with Crippen LogP contribution in [0.2, 0.25) is 0 Å². The molecule has 5 heteroatoms. The number of rotatable bonds is 3. The largest absolute Gasteiger partial charge is 0.487 e. The first-order chi connectivity index (χ1) is 14.3. The van der Waals surface area contributed by atoms with Crippen molar-refractivity contribution in [3.8, 4) is 5.75 Å². The van der Waals surface area contributed by atoms with Gasteiger partial charge in [0.15, 0.2) is 0 Å². The lowest BCUT2D eigenvalue weighted by Gasteiger charge is -2.38. The molecule has 0 aromatic heterocycles. The number of carbonyl (C=O) groups is 2. The second-order valence-electron chi connectivity index (χ2n) is 8.80. The summed E-state index contributed by atoms with van der Waals surface area (Å²) in [6, 6.07) is 17.4. The summed E-state index contributed by atoms with van der Waals surface area (Å²) in [4.78, 5) is 27.6. The van der Waals surface area contributed by atoms with Gasteiger partial charge in [0, 0.05) is 22.9 Å². The van der Waals surface area contributed by atoms with E-state index in [2.05, 4.69) is 5.32 Å². The Hall–Kier alpha value is -3.34. The molecule has 152 valence electrons. The molecule has 0 fully saturated rings. The van der Waals surface area contributed by atoms with Crippen LogP contribution in [-0.2, 0) is 4.79 Å². The number of fused-ring (bicyclic) bond motifs is 1. The van der Waals surface area contributed by atoms with Crippen molar-refractivity contribution in [1.29, 1.82) is 0 Å². The maximum absolute atomic E-state index is 13.0. The fourth-order valence-corrected chi connectivity index (χ4v) is 4.61. The highest BCUT2D eigenvalue weighted by molar-refractivity contribution is 6.26. The first kappa shape index (κ1) is 18.7. The van der Waals surface area contributed by atoms with Crippen LogP contribution in [0.1, 0.15) is 47.8 Å². The molecule has 1 atom stereocenters. The molecule has 0 saturated carbocycles. The fraction of sp³-hybridized carbons (Fsp3) is 0.280. The lowest BCUT2D eigenvalue weighted by Crippen LogP contribution is -2.45. The number of hydrogen-bond donors (Lipinski definition) is 1. The lowest BCUT2D eigenvalue weighted by atomic mass is 9.89. The summed E-state index contributed by atoms with van der Waals surface area (Å²) in [5.74, 6) is 0.508.